The summed E-state index contributed by atoms with van der Waals surface area (Å²) in [5.41, 5.74) is -0.500. The lowest BCUT2D eigenvalue weighted by molar-refractivity contribution is -0.152. The third-order valence-corrected chi connectivity index (χ3v) is 6.46. The van der Waals surface area contributed by atoms with E-state index in [-0.39, 0.29) is 42.0 Å². The number of amides is 2. The van der Waals surface area contributed by atoms with Crippen molar-refractivity contribution in [3.63, 3.8) is 0 Å². The first-order valence-corrected chi connectivity index (χ1v) is 11.1. The van der Waals surface area contributed by atoms with Crippen LogP contribution in [0.15, 0.2) is 0 Å². The summed E-state index contributed by atoms with van der Waals surface area (Å²) in [7, 11) is 0. The number of hydrogen-bond donors (Lipinski definition) is 1. The van der Waals surface area contributed by atoms with Crippen LogP contribution in [0.25, 0.3) is 0 Å². The molecule has 154 valence electrons. The Morgan fingerprint density at radius 2 is 1.96 bits per heavy atom. The van der Waals surface area contributed by atoms with E-state index in [1.165, 1.54) is 18.2 Å². The predicted octanol–water partition coefficient (Wildman–Crippen LogP) is 3.01. The molecule has 27 heavy (non-hydrogen) atoms. The van der Waals surface area contributed by atoms with Gasteiger partial charge in [0, 0.05) is 6.54 Å². The van der Waals surface area contributed by atoms with Gasteiger partial charge in [0.25, 0.3) is 0 Å². The molecule has 1 aliphatic heterocycles. The van der Waals surface area contributed by atoms with Crippen LogP contribution < -0.4 is 5.32 Å². The monoisotopic (exact) mass is 398 g/mol. The third kappa shape index (κ3) is 6.40. The second-order valence-corrected chi connectivity index (χ2v) is 9.77. The average molecular weight is 399 g/mol. The third-order valence-electron chi connectivity index (χ3n) is 5.36. The number of carbonyl (C=O) groups is 3. The summed E-state index contributed by atoms with van der Waals surface area (Å²) >= 11 is 1.26. The van der Waals surface area contributed by atoms with Crippen LogP contribution in [0.2, 0.25) is 0 Å². The van der Waals surface area contributed by atoms with Gasteiger partial charge in [0.15, 0.2) is 5.50 Å². The first-order chi connectivity index (χ1) is 12.7. The van der Waals surface area contributed by atoms with Gasteiger partial charge in [-0.05, 0) is 36.5 Å². The van der Waals surface area contributed by atoms with Crippen LogP contribution in [-0.2, 0) is 19.1 Å². The Morgan fingerprint density at radius 1 is 1.26 bits per heavy atom. The van der Waals surface area contributed by atoms with Crippen molar-refractivity contribution < 1.29 is 19.1 Å². The predicted molar refractivity (Wildman–Crippen MR) is 107 cm³/mol. The first kappa shape index (κ1) is 22.1. The second-order valence-electron chi connectivity index (χ2n) is 8.70. The van der Waals surface area contributed by atoms with E-state index in [2.05, 4.69) is 26.1 Å². The minimum Gasteiger partial charge on any atom is -0.461 e. The van der Waals surface area contributed by atoms with E-state index in [1.54, 1.807) is 4.90 Å². The van der Waals surface area contributed by atoms with Crippen LogP contribution in [0.3, 0.4) is 0 Å². The highest BCUT2D eigenvalue weighted by atomic mass is 32.2. The zero-order valence-electron chi connectivity index (χ0n) is 17.2. The average Bonchev–Trinajstić information content (AvgIpc) is 2.55. The Kier molecular flexibility index (Phi) is 8.01. The number of rotatable bonds is 7. The molecule has 0 unspecified atom stereocenters. The summed E-state index contributed by atoms with van der Waals surface area (Å²) < 4.78 is 5.82. The molecule has 0 aromatic heterocycles. The highest BCUT2D eigenvalue weighted by Crippen LogP contribution is 2.35. The molecule has 1 N–H and O–H groups in total. The molecule has 2 amide bonds. The van der Waals surface area contributed by atoms with Crippen molar-refractivity contribution in [1.82, 2.24) is 10.2 Å². The van der Waals surface area contributed by atoms with Crippen molar-refractivity contribution in [2.75, 3.05) is 12.3 Å². The molecule has 1 heterocycles. The highest BCUT2D eigenvalue weighted by molar-refractivity contribution is 8.00. The molecule has 0 aromatic carbocycles. The molecule has 1 aliphatic carbocycles. The van der Waals surface area contributed by atoms with Crippen molar-refractivity contribution >= 4 is 29.5 Å². The number of nitrogens with one attached hydrogen (secondary N) is 1. The van der Waals surface area contributed by atoms with Gasteiger partial charge in [-0.2, -0.15) is 0 Å². The van der Waals surface area contributed by atoms with Gasteiger partial charge in [-0.25, -0.2) is 0 Å². The minimum absolute atomic E-state index is 0.0313. The van der Waals surface area contributed by atoms with E-state index < -0.39 is 5.50 Å². The van der Waals surface area contributed by atoms with Crippen LogP contribution in [0.4, 0.5) is 0 Å². The Hall–Kier alpha value is -1.24. The van der Waals surface area contributed by atoms with Crippen molar-refractivity contribution in [3.8, 4) is 0 Å². The maximum absolute atomic E-state index is 12.5. The van der Waals surface area contributed by atoms with E-state index in [9.17, 15) is 14.4 Å². The molecule has 2 fully saturated rings. The molecule has 2 rings (SSSR count). The zero-order chi connectivity index (χ0) is 20.1. The molecule has 0 aromatic rings. The lowest BCUT2D eigenvalue weighted by Crippen LogP contribution is -2.56. The lowest BCUT2D eigenvalue weighted by atomic mass is 9.75. The van der Waals surface area contributed by atoms with E-state index in [0.29, 0.717) is 24.3 Å². The molecule has 4 atom stereocenters. The van der Waals surface area contributed by atoms with Crippen LogP contribution in [0.1, 0.15) is 60.3 Å². The number of carbonyl (C=O) groups excluding carboxylic acids is 3. The molecule has 2 aliphatic rings. The Labute approximate surface area is 167 Å². The SMILES string of the molecule is CC(C)CN1C(=O)CC(=O)N[C@@H]1SCC(=O)O[C@@H]1C[C@@H](C)CC[C@H]1C(C)C. The van der Waals surface area contributed by atoms with Gasteiger partial charge in [0.05, 0.1) is 5.75 Å². The number of ether oxygens (including phenoxy) is 1. The fourth-order valence-corrected chi connectivity index (χ4v) is 4.92. The van der Waals surface area contributed by atoms with Crippen molar-refractivity contribution in [3.05, 3.63) is 0 Å². The van der Waals surface area contributed by atoms with E-state index in [0.717, 1.165) is 12.8 Å². The van der Waals surface area contributed by atoms with Gasteiger partial charge < -0.3 is 15.0 Å². The summed E-state index contributed by atoms with van der Waals surface area (Å²) in [6, 6.07) is 0. The van der Waals surface area contributed by atoms with Gasteiger partial charge in [-0.15, -0.1) is 11.8 Å². The summed E-state index contributed by atoms with van der Waals surface area (Å²) in [4.78, 5) is 38.1. The van der Waals surface area contributed by atoms with E-state index in [1.807, 2.05) is 13.8 Å². The maximum atomic E-state index is 12.5. The maximum Gasteiger partial charge on any atom is 0.316 e. The Balaban J connectivity index is 1.92. The van der Waals surface area contributed by atoms with Gasteiger partial charge in [-0.3, -0.25) is 14.4 Å². The molecule has 6 nitrogen and oxygen atoms in total. The zero-order valence-corrected chi connectivity index (χ0v) is 18.0. The van der Waals surface area contributed by atoms with Crippen LogP contribution in [0.5, 0.6) is 0 Å². The van der Waals surface area contributed by atoms with Crippen LogP contribution >= 0.6 is 11.8 Å². The number of esters is 1. The van der Waals surface area contributed by atoms with E-state index >= 15 is 0 Å². The molecular formula is C20H34N2O4S. The summed E-state index contributed by atoms with van der Waals surface area (Å²) in [6.45, 7) is 11.2. The fraction of sp³-hybridized carbons (Fsp3) is 0.850. The molecule has 1 saturated heterocycles. The van der Waals surface area contributed by atoms with Gasteiger partial charge in [0.1, 0.15) is 12.5 Å². The number of thioether (sulfide) groups is 1. The molecule has 7 heteroatoms. The van der Waals surface area contributed by atoms with Crippen LogP contribution in [0, 0.1) is 23.7 Å². The lowest BCUT2D eigenvalue weighted by Gasteiger charge is -2.37. The molecule has 0 bridgehead atoms. The Morgan fingerprint density at radius 3 is 2.59 bits per heavy atom. The van der Waals surface area contributed by atoms with Crippen molar-refractivity contribution in [1.29, 1.82) is 0 Å². The normalized spacial score (nSPS) is 29.2. The minimum atomic E-state index is -0.500. The van der Waals surface area contributed by atoms with Crippen molar-refractivity contribution in [2.45, 2.75) is 71.9 Å². The summed E-state index contributed by atoms with van der Waals surface area (Å²) in [6.07, 6.45) is 3.05. The second kappa shape index (κ2) is 9.80. The quantitative estimate of drug-likeness (QED) is 0.527. The molecule has 0 spiro atoms. The smallest absolute Gasteiger partial charge is 0.316 e. The van der Waals surface area contributed by atoms with E-state index in [4.69, 9.17) is 4.74 Å². The fourth-order valence-electron chi connectivity index (χ4n) is 3.96. The summed E-state index contributed by atoms with van der Waals surface area (Å²) in [5.74, 6) is 1.15. The van der Waals surface area contributed by atoms with Gasteiger partial charge in [0.2, 0.25) is 11.8 Å². The van der Waals surface area contributed by atoms with Crippen molar-refractivity contribution in [2.24, 2.45) is 23.7 Å². The topological polar surface area (TPSA) is 75.7 Å². The largest absolute Gasteiger partial charge is 0.461 e. The van der Waals surface area contributed by atoms with Gasteiger partial charge in [-0.1, -0.05) is 41.0 Å². The molecule has 1 saturated carbocycles. The number of nitrogens with zero attached hydrogens (tertiary/aromatic N) is 1. The molecular weight excluding hydrogens is 364 g/mol. The Bertz CT molecular complexity index is 552. The first-order valence-electron chi connectivity index (χ1n) is 10.1. The number of hydrogen-bond acceptors (Lipinski definition) is 5. The standard InChI is InChI=1S/C20H34N2O4S/c1-12(2)10-22-18(24)9-17(23)21-20(22)27-11-19(25)26-16-8-14(5)6-7-15(16)13(3)4/h12-16,20H,6-11H2,1-5H3,(H,21,23)/t14-,15-,16+,20-/m0/s1. The van der Waals surface area contributed by atoms with Gasteiger partial charge >= 0.3 is 5.97 Å². The van der Waals surface area contributed by atoms with Crippen LogP contribution in [-0.4, -0.2) is 46.6 Å². The molecule has 0 radical (unpaired) electrons. The summed E-state index contributed by atoms with van der Waals surface area (Å²) in [5, 5.41) is 2.82. The highest BCUT2D eigenvalue weighted by Gasteiger charge is 2.35.